The molecule has 1 aliphatic carbocycles. The zero-order valence-corrected chi connectivity index (χ0v) is 10.7. The molecule has 0 aromatic heterocycles. The van der Waals surface area contributed by atoms with Crippen LogP contribution in [0.25, 0.3) is 0 Å². The van der Waals surface area contributed by atoms with Gasteiger partial charge in [0, 0.05) is 12.0 Å². The zero-order valence-electron chi connectivity index (χ0n) is 10.7. The van der Waals surface area contributed by atoms with Crippen LogP contribution in [0.5, 0.6) is 0 Å². The van der Waals surface area contributed by atoms with Crippen LogP contribution in [0.15, 0.2) is 0 Å². The van der Waals surface area contributed by atoms with Crippen molar-refractivity contribution in [2.75, 3.05) is 13.1 Å². The molecule has 2 rings (SSSR count). The highest BCUT2D eigenvalue weighted by Gasteiger charge is 2.37. The standard InChI is InChI=1S/C14H27NO/c1-2-3-4-10-15-11-6-8-13(15)12-7-5-9-14(12)16/h12-14,16H,2-11H2,1H3. The molecule has 2 heteroatoms. The van der Waals surface area contributed by atoms with Gasteiger partial charge in [0.15, 0.2) is 0 Å². The molecule has 0 bridgehead atoms. The molecule has 1 N–H and O–H groups in total. The lowest BCUT2D eigenvalue weighted by Crippen LogP contribution is -2.39. The number of aliphatic hydroxyl groups excluding tert-OH is 1. The van der Waals surface area contributed by atoms with Crippen LogP contribution in [-0.4, -0.2) is 35.2 Å². The monoisotopic (exact) mass is 225 g/mol. The van der Waals surface area contributed by atoms with Crippen LogP contribution in [0.3, 0.4) is 0 Å². The summed E-state index contributed by atoms with van der Waals surface area (Å²) < 4.78 is 0. The molecule has 3 unspecified atom stereocenters. The first-order valence-electron chi connectivity index (χ1n) is 7.25. The fourth-order valence-electron chi connectivity index (χ4n) is 3.60. The number of hydrogen-bond acceptors (Lipinski definition) is 2. The maximum Gasteiger partial charge on any atom is 0.0583 e. The lowest BCUT2D eigenvalue weighted by atomic mass is 9.94. The molecule has 16 heavy (non-hydrogen) atoms. The van der Waals surface area contributed by atoms with E-state index in [4.69, 9.17) is 0 Å². The van der Waals surface area contributed by atoms with Gasteiger partial charge in [0.2, 0.25) is 0 Å². The number of nitrogens with zero attached hydrogens (tertiary/aromatic N) is 1. The second kappa shape index (κ2) is 6.02. The van der Waals surface area contributed by atoms with Crippen molar-refractivity contribution in [3.63, 3.8) is 0 Å². The molecule has 1 saturated heterocycles. The van der Waals surface area contributed by atoms with Gasteiger partial charge in [-0.1, -0.05) is 26.2 Å². The van der Waals surface area contributed by atoms with Crippen molar-refractivity contribution in [2.24, 2.45) is 5.92 Å². The fraction of sp³-hybridized carbons (Fsp3) is 1.00. The van der Waals surface area contributed by atoms with E-state index >= 15 is 0 Å². The Bertz CT molecular complexity index is 207. The lowest BCUT2D eigenvalue weighted by molar-refractivity contribution is 0.0740. The quantitative estimate of drug-likeness (QED) is 0.727. The van der Waals surface area contributed by atoms with Crippen LogP contribution in [0.4, 0.5) is 0 Å². The van der Waals surface area contributed by atoms with Crippen molar-refractivity contribution in [2.45, 2.75) is 70.4 Å². The summed E-state index contributed by atoms with van der Waals surface area (Å²) in [6.07, 6.45) is 10.2. The van der Waals surface area contributed by atoms with Crippen molar-refractivity contribution in [1.29, 1.82) is 0 Å². The Morgan fingerprint density at radius 3 is 2.69 bits per heavy atom. The maximum atomic E-state index is 10.0. The van der Waals surface area contributed by atoms with E-state index in [0.717, 1.165) is 6.42 Å². The zero-order chi connectivity index (χ0) is 11.4. The van der Waals surface area contributed by atoms with Gasteiger partial charge < -0.3 is 10.0 Å². The average molecular weight is 225 g/mol. The Kier molecular flexibility index (Phi) is 4.66. The molecule has 0 aromatic carbocycles. The van der Waals surface area contributed by atoms with E-state index in [1.54, 1.807) is 0 Å². The third-order valence-corrected chi connectivity index (χ3v) is 4.49. The fourth-order valence-corrected chi connectivity index (χ4v) is 3.60. The van der Waals surface area contributed by atoms with Crippen molar-refractivity contribution < 1.29 is 5.11 Å². The number of rotatable bonds is 5. The summed E-state index contributed by atoms with van der Waals surface area (Å²) in [6, 6.07) is 0.703. The van der Waals surface area contributed by atoms with Crippen molar-refractivity contribution >= 4 is 0 Å². The SMILES string of the molecule is CCCCCN1CCCC1C1CCCC1O. The van der Waals surface area contributed by atoms with E-state index in [1.165, 1.54) is 58.0 Å². The van der Waals surface area contributed by atoms with E-state index in [-0.39, 0.29) is 6.10 Å². The Morgan fingerprint density at radius 2 is 2.00 bits per heavy atom. The summed E-state index contributed by atoms with van der Waals surface area (Å²) in [6.45, 7) is 4.81. The lowest BCUT2D eigenvalue weighted by Gasteiger charge is -2.31. The normalized spacial score (nSPS) is 36.0. The van der Waals surface area contributed by atoms with E-state index in [2.05, 4.69) is 11.8 Å². The molecule has 1 saturated carbocycles. The summed E-state index contributed by atoms with van der Waals surface area (Å²) in [5.74, 6) is 0.587. The van der Waals surface area contributed by atoms with Crippen molar-refractivity contribution in [3.8, 4) is 0 Å². The van der Waals surface area contributed by atoms with E-state index in [0.29, 0.717) is 12.0 Å². The molecular formula is C14H27NO. The van der Waals surface area contributed by atoms with Crippen LogP contribution in [0, 0.1) is 5.92 Å². The molecule has 0 spiro atoms. The van der Waals surface area contributed by atoms with Gasteiger partial charge in [-0.3, -0.25) is 0 Å². The minimum Gasteiger partial charge on any atom is -0.393 e. The molecule has 2 aliphatic rings. The highest BCUT2D eigenvalue weighted by molar-refractivity contribution is 4.91. The summed E-state index contributed by atoms with van der Waals surface area (Å²) in [5, 5.41) is 10.0. The molecule has 0 aromatic rings. The van der Waals surface area contributed by atoms with Gasteiger partial charge >= 0.3 is 0 Å². The van der Waals surface area contributed by atoms with Gasteiger partial charge in [-0.15, -0.1) is 0 Å². The molecule has 94 valence electrons. The molecule has 3 atom stereocenters. The number of likely N-dealkylation sites (tertiary alicyclic amines) is 1. The largest absolute Gasteiger partial charge is 0.393 e. The van der Waals surface area contributed by atoms with Crippen LogP contribution in [-0.2, 0) is 0 Å². The Labute approximate surface area is 100 Å². The van der Waals surface area contributed by atoms with E-state index in [9.17, 15) is 5.11 Å². The highest BCUT2D eigenvalue weighted by atomic mass is 16.3. The van der Waals surface area contributed by atoms with Crippen LogP contribution in [0.1, 0.15) is 58.3 Å². The summed E-state index contributed by atoms with van der Waals surface area (Å²) in [5.41, 5.74) is 0. The first-order chi connectivity index (χ1) is 7.83. The molecule has 1 aliphatic heterocycles. The third kappa shape index (κ3) is 2.78. The minimum atomic E-state index is -0.00299. The van der Waals surface area contributed by atoms with Crippen molar-refractivity contribution in [1.82, 2.24) is 4.90 Å². The molecule has 0 amide bonds. The Morgan fingerprint density at radius 1 is 1.12 bits per heavy atom. The van der Waals surface area contributed by atoms with Crippen molar-refractivity contribution in [3.05, 3.63) is 0 Å². The van der Waals surface area contributed by atoms with Crippen LogP contribution in [0.2, 0.25) is 0 Å². The molecular weight excluding hydrogens is 198 g/mol. The smallest absolute Gasteiger partial charge is 0.0583 e. The molecule has 1 heterocycles. The summed E-state index contributed by atoms with van der Waals surface area (Å²) >= 11 is 0. The number of unbranched alkanes of at least 4 members (excludes halogenated alkanes) is 2. The molecule has 0 radical (unpaired) electrons. The van der Waals surface area contributed by atoms with Gasteiger partial charge in [-0.05, 0) is 45.2 Å². The second-order valence-electron chi connectivity index (χ2n) is 5.61. The van der Waals surface area contributed by atoms with Gasteiger partial charge in [-0.2, -0.15) is 0 Å². The van der Waals surface area contributed by atoms with Gasteiger partial charge in [-0.25, -0.2) is 0 Å². The third-order valence-electron chi connectivity index (χ3n) is 4.49. The minimum absolute atomic E-state index is 0.00299. The first kappa shape index (κ1) is 12.4. The van der Waals surface area contributed by atoms with Gasteiger partial charge in [0.25, 0.3) is 0 Å². The Balaban J connectivity index is 1.82. The van der Waals surface area contributed by atoms with E-state index < -0.39 is 0 Å². The summed E-state index contributed by atoms with van der Waals surface area (Å²) in [4.78, 5) is 2.66. The maximum absolute atomic E-state index is 10.0. The second-order valence-corrected chi connectivity index (χ2v) is 5.61. The first-order valence-corrected chi connectivity index (χ1v) is 7.25. The summed E-state index contributed by atoms with van der Waals surface area (Å²) in [7, 11) is 0. The molecule has 2 nitrogen and oxygen atoms in total. The number of hydrogen-bond donors (Lipinski definition) is 1. The van der Waals surface area contributed by atoms with Gasteiger partial charge in [0.05, 0.1) is 6.10 Å². The highest BCUT2D eigenvalue weighted by Crippen LogP contribution is 2.35. The van der Waals surface area contributed by atoms with Gasteiger partial charge in [0.1, 0.15) is 0 Å². The van der Waals surface area contributed by atoms with Crippen LogP contribution >= 0.6 is 0 Å². The average Bonchev–Trinajstić information content (AvgIpc) is 2.87. The topological polar surface area (TPSA) is 23.5 Å². The van der Waals surface area contributed by atoms with E-state index in [1.807, 2.05) is 0 Å². The Hall–Kier alpha value is -0.0800. The molecule has 2 fully saturated rings. The number of aliphatic hydroxyl groups is 1. The predicted octanol–water partition coefficient (Wildman–Crippen LogP) is 2.80. The predicted molar refractivity (Wildman–Crippen MR) is 67.5 cm³/mol. The van der Waals surface area contributed by atoms with Crippen LogP contribution < -0.4 is 0 Å².